The molecule has 3 nitrogen and oxygen atoms in total. The first-order chi connectivity index (χ1) is 12.0. The number of hydrogen-bond acceptors (Lipinski definition) is 2. The predicted octanol–water partition coefficient (Wildman–Crippen LogP) is 5.51. The van der Waals surface area contributed by atoms with Crippen LogP contribution >= 0.6 is 23.2 Å². The number of benzene rings is 2. The number of ether oxygens (including phenoxy) is 1. The van der Waals surface area contributed by atoms with Crippen molar-refractivity contribution in [3.05, 3.63) is 93.9 Å². The fourth-order valence-corrected chi connectivity index (χ4v) is 2.80. The quantitative estimate of drug-likeness (QED) is 0.706. The van der Waals surface area contributed by atoms with Crippen LogP contribution in [0.25, 0.3) is 0 Å². The number of nitrogens with zero attached hydrogens (tertiary/aromatic N) is 1. The third-order valence-corrected chi connectivity index (χ3v) is 4.43. The van der Waals surface area contributed by atoms with E-state index in [2.05, 4.69) is 0 Å². The van der Waals surface area contributed by atoms with Gasteiger partial charge in [-0.15, -0.1) is 0 Å². The van der Waals surface area contributed by atoms with Crippen LogP contribution in [0.1, 0.15) is 24.0 Å². The second-order valence-corrected chi connectivity index (χ2v) is 6.62. The Balaban J connectivity index is 1.82. The molecule has 128 valence electrons. The molecule has 0 aromatic heterocycles. The summed E-state index contributed by atoms with van der Waals surface area (Å²) in [6.07, 6.45) is 5.44. The minimum absolute atomic E-state index is 0.0693. The molecule has 0 bridgehead atoms. The standard InChI is InChI=1S/C20H17Cl2NO2/c1-14(24)23-11-10-19(16-4-8-18(22)9-5-16)20(12-23)25-13-15-2-6-17(21)7-3-15/h2-12,19H,13H2,1H3. The van der Waals surface area contributed by atoms with Gasteiger partial charge >= 0.3 is 0 Å². The SMILES string of the molecule is CC(=O)N1C=CC(c2ccc(Cl)cc2)C(OCc2ccc(Cl)cc2)=C1. The van der Waals surface area contributed by atoms with Gasteiger partial charge in [-0.05, 0) is 35.4 Å². The third-order valence-electron chi connectivity index (χ3n) is 3.92. The monoisotopic (exact) mass is 373 g/mol. The van der Waals surface area contributed by atoms with E-state index in [1.807, 2.05) is 54.6 Å². The zero-order valence-electron chi connectivity index (χ0n) is 13.7. The molecule has 25 heavy (non-hydrogen) atoms. The highest BCUT2D eigenvalue weighted by Crippen LogP contribution is 2.32. The Bertz CT molecular complexity index is 811. The van der Waals surface area contributed by atoms with Gasteiger partial charge in [0.15, 0.2) is 0 Å². The number of allylic oxidation sites excluding steroid dienone is 1. The summed E-state index contributed by atoms with van der Waals surface area (Å²) < 4.78 is 6.03. The molecule has 1 atom stereocenters. The number of halogens is 2. The molecule has 1 heterocycles. The van der Waals surface area contributed by atoms with Gasteiger partial charge in [0, 0.05) is 23.2 Å². The fraction of sp³-hybridized carbons (Fsp3) is 0.150. The largest absolute Gasteiger partial charge is 0.491 e. The van der Waals surface area contributed by atoms with E-state index in [1.54, 1.807) is 12.4 Å². The van der Waals surface area contributed by atoms with Crippen LogP contribution in [0.15, 0.2) is 72.8 Å². The Morgan fingerprint density at radius 3 is 2.24 bits per heavy atom. The smallest absolute Gasteiger partial charge is 0.227 e. The molecule has 3 rings (SSSR count). The minimum atomic E-state index is -0.0709. The van der Waals surface area contributed by atoms with Crippen molar-refractivity contribution in [2.24, 2.45) is 0 Å². The van der Waals surface area contributed by atoms with Crippen molar-refractivity contribution >= 4 is 29.1 Å². The van der Waals surface area contributed by atoms with E-state index >= 15 is 0 Å². The summed E-state index contributed by atoms with van der Waals surface area (Å²) in [4.78, 5) is 13.2. The highest BCUT2D eigenvalue weighted by Gasteiger charge is 2.22. The van der Waals surface area contributed by atoms with Gasteiger partial charge in [-0.3, -0.25) is 9.69 Å². The molecule has 1 aliphatic heterocycles. The Morgan fingerprint density at radius 1 is 1.04 bits per heavy atom. The number of hydrogen-bond donors (Lipinski definition) is 0. The van der Waals surface area contributed by atoms with E-state index in [0.29, 0.717) is 22.4 Å². The van der Waals surface area contributed by atoms with Gasteiger partial charge in [-0.2, -0.15) is 0 Å². The molecule has 1 amide bonds. The van der Waals surface area contributed by atoms with Crippen molar-refractivity contribution in [1.29, 1.82) is 0 Å². The molecule has 0 N–H and O–H groups in total. The van der Waals surface area contributed by atoms with Crippen molar-refractivity contribution < 1.29 is 9.53 Å². The Labute approximate surface area is 157 Å². The molecule has 0 saturated heterocycles. The summed E-state index contributed by atoms with van der Waals surface area (Å²) in [5, 5.41) is 1.37. The molecule has 0 saturated carbocycles. The van der Waals surface area contributed by atoms with Crippen molar-refractivity contribution in [2.45, 2.75) is 19.4 Å². The Kier molecular flexibility index (Phi) is 5.47. The molecule has 0 fully saturated rings. The van der Waals surface area contributed by atoms with Crippen LogP contribution in [0.3, 0.4) is 0 Å². The topological polar surface area (TPSA) is 29.5 Å². The van der Waals surface area contributed by atoms with E-state index in [4.69, 9.17) is 27.9 Å². The molecule has 1 aliphatic rings. The van der Waals surface area contributed by atoms with Gasteiger partial charge in [0.1, 0.15) is 12.4 Å². The van der Waals surface area contributed by atoms with Crippen molar-refractivity contribution in [3.8, 4) is 0 Å². The maximum absolute atomic E-state index is 11.7. The maximum atomic E-state index is 11.7. The lowest BCUT2D eigenvalue weighted by Crippen LogP contribution is -2.22. The molecule has 0 spiro atoms. The second kappa shape index (κ2) is 7.77. The summed E-state index contributed by atoms with van der Waals surface area (Å²) >= 11 is 11.9. The lowest BCUT2D eigenvalue weighted by atomic mass is 9.95. The van der Waals surface area contributed by atoms with Crippen molar-refractivity contribution in [3.63, 3.8) is 0 Å². The first-order valence-corrected chi connectivity index (χ1v) is 8.60. The van der Waals surface area contributed by atoms with E-state index < -0.39 is 0 Å². The van der Waals surface area contributed by atoms with Crippen molar-refractivity contribution in [1.82, 2.24) is 4.90 Å². The molecular weight excluding hydrogens is 357 g/mol. The first-order valence-electron chi connectivity index (χ1n) is 7.84. The van der Waals surface area contributed by atoms with Crippen LogP contribution in [0.2, 0.25) is 10.0 Å². The summed E-state index contributed by atoms with van der Waals surface area (Å²) in [6.45, 7) is 1.91. The molecular formula is C20H17Cl2NO2. The molecule has 0 aliphatic carbocycles. The zero-order valence-corrected chi connectivity index (χ0v) is 15.2. The van der Waals surface area contributed by atoms with E-state index in [-0.39, 0.29) is 11.8 Å². The average molecular weight is 374 g/mol. The van der Waals surface area contributed by atoms with Gasteiger partial charge in [0.05, 0.1) is 12.1 Å². The lowest BCUT2D eigenvalue weighted by Gasteiger charge is -2.26. The van der Waals surface area contributed by atoms with Crippen LogP contribution in [0, 0.1) is 0 Å². The van der Waals surface area contributed by atoms with E-state index in [0.717, 1.165) is 11.1 Å². The first kappa shape index (κ1) is 17.6. The Hall–Kier alpha value is -2.23. The van der Waals surface area contributed by atoms with Gasteiger partial charge in [-0.25, -0.2) is 0 Å². The van der Waals surface area contributed by atoms with Crippen LogP contribution in [-0.2, 0) is 16.1 Å². The lowest BCUT2D eigenvalue weighted by molar-refractivity contribution is -0.124. The van der Waals surface area contributed by atoms with Crippen LogP contribution < -0.4 is 0 Å². The highest BCUT2D eigenvalue weighted by molar-refractivity contribution is 6.30. The van der Waals surface area contributed by atoms with Gasteiger partial charge < -0.3 is 4.74 Å². The molecule has 2 aromatic rings. The number of carbonyl (C=O) groups is 1. The zero-order chi connectivity index (χ0) is 17.8. The molecule has 2 aromatic carbocycles. The van der Waals surface area contributed by atoms with Crippen molar-refractivity contribution in [2.75, 3.05) is 0 Å². The summed E-state index contributed by atoms with van der Waals surface area (Å²) in [5.41, 5.74) is 2.05. The number of rotatable bonds is 4. The summed E-state index contributed by atoms with van der Waals surface area (Å²) in [5.74, 6) is 0.563. The fourth-order valence-electron chi connectivity index (χ4n) is 2.55. The molecule has 5 heteroatoms. The number of amides is 1. The van der Waals surface area contributed by atoms with Crippen LogP contribution in [-0.4, -0.2) is 10.8 Å². The average Bonchev–Trinajstić information content (AvgIpc) is 2.62. The van der Waals surface area contributed by atoms with E-state index in [1.165, 1.54) is 11.8 Å². The van der Waals surface area contributed by atoms with Gasteiger partial charge in [0.2, 0.25) is 5.91 Å². The molecule has 0 radical (unpaired) electrons. The maximum Gasteiger partial charge on any atom is 0.227 e. The summed E-state index contributed by atoms with van der Waals surface area (Å²) in [7, 11) is 0. The second-order valence-electron chi connectivity index (χ2n) is 5.74. The minimum Gasteiger partial charge on any atom is -0.491 e. The predicted molar refractivity (Wildman–Crippen MR) is 100 cm³/mol. The van der Waals surface area contributed by atoms with Crippen LogP contribution in [0.5, 0.6) is 0 Å². The molecule has 1 unspecified atom stereocenters. The highest BCUT2D eigenvalue weighted by atomic mass is 35.5. The summed E-state index contributed by atoms with van der Waals surface area (Å²) in [6, 6.07) is 15.1. The third kappa shape index (κ3) is 4.44. The normalized spacial score (nSPS) is 16.5. The van der Waals surface area contributed by atoms with Gasteiger partial charge in [-0.1, -0.05) is 53.5 Å². The Morgan fingerprint density at radius 2 is 1.64 bits per heavy atom. The van der Waals surface area contributed by atoms with Crippen LogP contribution in [0.4, 0.5) is 0 Å². The van der Waals surface area contributed by atoms with E-state index in [9.17, 15) is 4.79 Å². The van der Waals surface area contributed by atoms with Gasteiger partial charge in [0.25, 0.3) is 0 Å². The number of carbonyl (C=O) groups excluding carboxylic acids is 1.